The molecule has 2 heterocycles. The number of halogens is 1. The normalized spacial score (nSPS) is 15.5. The molecule has 2 aromatic rings. The first-order valence-electron chi connectivity index (χ1n) is 7.46. The van der Waals surface area contributed by atoms with Crippen LogP contribution in [0.15, 0.2) is 40.9 Å². The number of likely N-dealkylation sites (N-methyl/N-ethyl adjacent to an activating group) is 1. The monoisotopic (exact) mass is 375 g/mol. The average Bonchev–Trinajstić information content (AvgIpc) is 2.56. The number of benzene rings is 1. The molecule has 120 valence electrons. The fraction of sp³-hybridized carbons (Fsp3) is 0.312. The second-order valence-electron chi connectivity index (χ2n) is 5.53. The molecule has 0 unspecified atom stereocenters. The van der Waals surface area contributed by atoms with E-state index in [2.05, 4.69) is 48.3 Å². The van der Waals surface area contributed by atoms with Gasteiger partial charge < -0.3 is 15.1 Å². The standard InChI is InChI=1S/C16H18BrN5O/c1-21-7-9-22(10-8-21)15-6-5-14(19-20-15)18-16(23)12-3-2-4-13(17)11-12/h2-6,11H,7-10H2,1H3,(H,18,19,23). The number of anilines is 2. The molecular weight excluding hydrogens is 358 g/mol. The van der Waals surface area contributed by atoms with E-state index in [0.29, 0.717) is 11.4 Å². The molecule has 1 fully saturated rings. The molecule has 0 saturated carbocycles. The smallest absolute Gasteiger partial charge is 0.256 e. The van der Waals surface area contributed by atoms with Crippen molar-refractivity contribution in [3.05, 3.63) is 46.4 Å². The van der Waals surface area contributed by atoms with Crippen LogP contribution in [-0.4, -0.2) is 54.2 Å². The van der Waals surface area contributed by atoms with Crippen molar-refractivity contribution in [2.45, 2.75) is 0 Å². The molecule has 0 bridgehead atoms. The van der Waals surface area contributed by atoms with E-state index in [4.69, 9.17) is 0 Å². The molecule has 1 aromatic carbocycles. The van der Waals surface area contributed by atoms with E-state index in [1.807, 2.05) is 18.2 Å². The Morgan fingerprint density at radius 1 is 1.13 bits per heavy atom. The van der Waals surface area contributed by atoms with E-state index >= 15 is 0 Å². The summed E-state index contributed by atoms with van der Waals surface area (Å²) in [6, 6.07) is 10.9. The summed E-state index contributed by atoms with van der Waals surface area (Å²) in [5, 5.41) is 11.1. The Bertz CT molecular complexity index is 683. The topological polar surface area (TPSA) is 61.4 Å². The maximum absolute atomic E-state index is 12.2. The summed E-state index contributed by atoms with van der Waals surface area (Å²) >= 11 is 3.36. The molecule has 0 atom stereocenters. The van der Waals surface area contributed by atoms with Crippen molar-refractivity contribution >= 4 is 33.5 Å². The Balaban J connectivity index is 1.64. The average molecular weight is 376 g/mol. The number of hydrogen-bond acceptors (Lipinski definition) is 5. The fourth-order valence-corrected chi connectivity index (χ4v) is 2.81. The van der Waals surface area contributed by atoms with E-state index in [1.54, 1.807) is 18.2 Å². The van der Waals surface area contributed by atoms with Gasteiger partial charge in [0.1, 0.15) is 0 Å². The zero-order chi connectivity index (χ0) is 16.2. The van der Waals surface area contributed by atoms with Crippen LogP contribution in [0, 0.1) is 0 Å². The highest BCUT2D eigenvalue weighted by molar-refractivity contribution is 9.10. The summed E-state index contributed by atoms with van der Waals surface area (Å²) in [5.74, 6) is 1.10. The third-order valence-corrected chi connectivity index (χ3v) is 4.30. The minimum absolute atomic E-state index is 0.201. The summed E-state index contributed by atoms with van der Waals surface area (Å²) in [5.41, 5.74) is 0.573. The van der Waals surface area contributed by atoms with Crippen molar-refractivity contribution < 1.29 is 4.79 Å². The first-order chi connectivity index (χ1) is 11.1. The molecule has 0 aliphatic carbocycles. The van der Waals surface area contributed by atoms with Gasteiger partial charge in [-0.1, -0.05) is 22.0 Å². The number of nitrogens with zero attached hydrogens (tertiary/aromatic N) is 4. The van der Waals surface area contributed by atoms with Crippen LogP contribution < -0.4 is 10.2 Å². The molecule has 1 aliphatic heterocycles. The minimum atomic E-state index is -0.201. The number of amides is 1. The van der Waals surface area contributed by atoms with Gasteiger partial charge in [0.15, 0.2) is 11.6 Å². The van der Waals surface area contributed by atoms with Crippen LogP contribution in [0.4, 0.5) is 11.6 Å². The second-order valence-corrected chi connectivity index (χ2v) is 6.45. The first-order valence-corrected chi connectivity index (χ1v) is 8.25. The lowest BCUT2D eigenvalue weighted by atomic mass is 10.2. The Kier molecular flexibility index (Phi) is 4.88. The van der Waals surface area contributed by atoms with Crippen LogP contribution in [0.1, 0.15) is 10.4 Å². The number of piperazine rings is 1. The highest BCUT2D eigenvalue weighted by Crippen LogP contribution is 2.16. The highest BCUT2D eigenvalue weighted by atomic mass is 79.9. The number of carbonyl (C=O) groups is 1. The molecule has 1 N–H and O–H groups in total. The van der Waals surface area contributed by atoms with E-state index in [9.17, 15) is 4.79 Å². The molecule has 1 aromatic heterocycles. The van der Waals surface area contributed by atoms with Crippen molar-refractivity contribution in [1.29, 1.82) is 0 Å². The maximum atomic E-state index is 12.2. The molecular formula is C16H18BrN5O. The van der Waals surface area contributed by atoms with Gasteiger partial charge in [-0.15, -0.1) is 10.2 Å². The van der Waals surface area contributed by atoms with Crippen molar-refractivity contribution in [2.24, 2.45) is 0 Å². The van der Waals surface area contributed by atoms with E-state index < -0.39 is 0 Å². The highest BCUT2D eigenvalue weighted by Gasteiger charge is 2.16. The van der Waals surface area contributed by atoms with Crippen LogP contribution in [0.3, 0.4) is 0 Å². The van der Waals surface area contributed by atoms with E-state index in [-0.39, 0.29) is 5.91 Å². The SMILES string of the molecule is CN1CCN(c2ccc(NC(=O)c3cccc(Br)c3)nn2)CC1. The van der Waals surface area contributed by atoms with Gasteiger partial charge in [0, 0.05) is 36.2 Å². The van der Waals surface area contributed by atoms with Gasteiger partial charge in [-0.05, 0) is 37.4 Å². The quantitative estimate of drug-likeness (QED) is 0.891. The second kappa shape index (κ2) is 7.06. The van der Waals surface area contributed by atoms with Crippen LogP contribution in [0.2, 0.25) is 0 Å². The van der Waals surface area contributed by atoms with Gasteiger partial charge in [0.25, 0.3) is 5.91 Å². The molecule has 7 heteroatoms. The number of rotatable bonds is 3. The van der Waals surface area contributed by atoms with Gasteiger partial charge in [0.05, 0.1) is 0 Å². The number of aromatic nitrogens is 2. The Hall–Kier alpha value is -1.99. The van der Waals surface area contributed by atoms with Crippen molar-refractivity contribution in [3.8, 4) is 0 Å². The fourth-order valence-electron chi connectivity index (χ4n) is 2.41. The third-order valence-electron chi connectivity index (χ3n) is 3.81. The molecule has 6 nitrogen and oxygen atoms in total. The Morgan fingerprint density at radius 3 is 2.57 bits per heavy atom. The van der Waals surface area contributed by atoms with Gasteiger partial charge >= 0.3 is 0 Å². The van der Waals surface area contributed by atoms with Crippen molar-refractivity contribution in [2.75, 3.05) is 43.4 Å². The van der Waals surface area contributed by atoms with Crippen LogP contribution in [0.5, 0.6) is 0 Å². The molecule has 0 spiro atoms. The van der Waals surface area contributed by atoms with Gasteiger partial charge in [-0.3, -0.25) is 4.79 Å². The number of hydrogen-bond donors (Lipinski definition) is 1. The van der Waals surface area contributed by atoms with E-state index in [1.165, 1.54) is 0 Å². The summed E-state index contributed by atoms with van der Waals surface area (Å²) < 4.78 is 0.863. The van der Waals surface area contributed by atoms with Gasteiger partial charge in [0.2, 0.25) is 0 Å². The molecule has 3 rings (SSSR count). The predicted molar refractivity (Wildman–Crippen MR) is 93.8 cm³/mol. The minimum Gasteiger partial charge on any atom is -0.353 e. The summed E-state index contributed by atoms with van der Waals surface area (Å²) in [6.07, 6.45) is 0. The zero-order valence-corrected chi connectivity index (χ0v) is 14.5. The van der Waals surface area contributed by atoms with Crippen LogP contribution in [0.25, 0.3) is 0 Å². The van der Waals surface area contributed by atoms with Crippen molar-refractivity contribution in [3.63, 3.8) is 0 Å². The summed E-state index contributed by atoms with van der Waals surface area (Å²) in [7, 11) is 2.11. The predicted octanol–water partition coefficient (Wildman–Crippen LogP) is 2.24. The Morgan fingerprint density at radius 2 is 1.91 bits per heavy atom. The zero-order valence-electron chi connectivity index (χ0n) is 12.9. The summed E-state index contributed by atoms with van der Waals surface area (Å²) in [4.78, 5) is 16.7. The lowest BCUT2D eigenvalue weighted by Crippen LogP contribution is -2.44. The maximum Gasteiger partial charge on any atom is 0.256 e. The van der Waals surface area contributed by atoms with Crippen LogP contribution >= 0.6 is 15.9 Å². The molecule has 23 heavy (non-hydrogen) atoms. The van der Waals surface area contributed by atoms with Gasteiger partial charge in [-0.25, -0.2) is 0 Å². The van der Waals surface area contributed by atoms with Gasteiger partial charge in [-0.2, -0.15) is 0 Å². The van der Waals surface area contributed by atoms with Crippen LogP contribution in [-0.2, 0) is 0 Å². The first kappa shape index (κ1) is 15.9. The summed E-state index contributed by atoms with van der Waals surface area (Å²) in [6.45, 7) is 3.91. The Labute approximate surface area is 143 Å². The van der Waals surface area contributed by atoms with E-state index in [0.717, 1.165) is 36.5 Å². The molecule has 1 amide bonds. The number of nitrogens with one attached hydrogen (secondary N) is 1. The number of carbonyl (C=O) groups excluding carboxylic acids is 1. The molecule has 1 saturated heterocycles. The lowest BCUT2D eigenvalue weighted by Gasteiger charge is -2.32. The lowest BCUT2D eigenvalue weighted by molar-refractivity contribution is 0.102. The molecule has 1 aliphatic rings. The third kappa shape index (κ3) is 4.05. The largest absolute Gasteiger partial charge is 0.353 e. The molecule has 0 radical (unpaired) electrons. The van der Waals surface area contributed by atoms with Crippen molar-refractivity contribution in [1.82, 2.24) is 15.1 Å².